The fourth-order valence-corrected chi connectivity index (χ4v) is 4.29. The third-order valence-corrected chi connectivity index (χ3v) is 6.20. The van der Waals surface area contributed by atoms with Gasteiger partial charge in [0, 0.05) is 38.4 Å². The standard InChI is InChI=1S/C18H17IN4O3S/c19-27(20,24)10-4-3-9-25-18-8-7-17-21-12-14(23(17)22-18)16-11-13-5-1-2-6-15(13)26-16/h1-2,5-8,11-12,20H,3-4,9-10H2. The molecule has 0 aliphatic rings. The Kier molecular flexibility index (Phi) is 5.04. The zero-order valence-electron chi connectivity index (χ0n) is 14.3. The van der Waals surface area contributed by atoms with Gasteiger partial charge in [0.1, 0.15) is 11.3 Å². The van der Waals surface area contributed by atoms with Gasteiger partial charge in [-0.2, -0.15) is 0 Å². The third kappa shape index (κ3) is 4.24. The fourth-order valence-electron chi connectivity index (χ4n) is 2.78. The highest BCUT2D eigenvalue weighted by atomic mass is 127. The molecule has 1 aromatic carbocycles. The van der Waals surface area contributed by atoms with Crippen molar-refractivity contribution in [2.75, 3.05) is 12.4 Å². The van der Waals surface area contributed by atoms with Crippen LogP contribution in [-0.4, -0.2) is 31.2 Å². The minimum atomic E-state index is -2.46. The normalized spacial score (nSPS) is 13.8. The molecule has 0 radical (unpaired) electrons. The quantitative estimate of drug-likeness (QED) is 0.228. The molecule has 7 nitrogen and oxygen atoms in total. The molecule has 9 heteroatoms. The summed E-state index contributed by atoms with van der Waals surface area (Å²) in [6.07, 6.45) is 3.14. The van der Waals surface area contributed by atoms with E-state index in [1.54, 1.807) is 38.0 Å². The highest BCUT2D eigenvalue weighted by Crippen LogP contribution is 2.28. The molecule has 4 rings (SSSR count). The summed E-state index contributed by atoms with van der Waals surface area (Å²) in [5.41, 5.74) is 2.28. The Labute approximate surface area is 168 Å². The van der Waals surface area contributed by atoms with Crippen LogP contribution in [0, 0.1) is 4.78 Å². The molecule has 0 spiro atoms. The van der Waals surface area contributed by atoms with Gasteiger partial charge < -0.3 is 9.15 Å². The van der Waals surface area contributed by atoms with Crippen LogP contribution >= 0.6 is 21.2 Å². The first kappa shape index (κ1) is 18.2. The van der Waals surface area contributed by atoms with E-state index in [1.165, 1.54) is 0 Å². The van der Waals surface area contributed by atoms with Crippen LogP contribution in [0.25, 0.3) is 28.1 Å². The molecule has 0 aliphatic heterocycles. The first-order valence-electron chi connectivity index (χ1n) is 8.42. The van der Waals surface area contributed by atoms with Gasteiger partial charge in [-0.25, -0.2) is 18.5 Å². The van der Waals surface area contributed by atoms with Crippen molar-refractivity contribution in [3.63, 3.8) is 0 Å². The van der Waals surface area contributed by atoms with E-state index in [-0.39, 0.29) is 0 Å². The number of hydrogen-bond acceptors (Lipinski definition) is 6. The SMILES string of the molecule is N=S(=O)(I)CCCCOc1ccc2ncc(-c3cc4ccccc4o3)n2n1. The van der Waals surface area contributed by atoms with Crippen molar-refractivity contribution >= 4 is 44.7 Å². The summed E-state index contributed by atoms with van der Waals surface area (Å²) in [5.74, 6) is 1.56. The van der Waals surface area contributed by atoms with E-state index in [0.717, 1.165) is 23.1 Å². The lowest BCUT2D eigenvalue weighted by Crippen LogP contribution is -2.04. The van der Waals surface area contributed by atoms with Crippen molar-refractivity contribution in [2.45, 2.75) is 12.8 Å². The molecule has 1 N–H and O–H groups in total. The van der Waals surface area contributed by atoms with Crippen LogP contribution in [0.2, 0.25) is 0 Å². The van der Waals surface area contributed by atoms with E-state index in [4.69, 9.17) is 13.9 Å². The van der Waals surface area contributed by atoms with Gasteiger partial charge in [-0.15, -0.1) is 5.10 Å². The second kappa shape index (κ2) is 7.47. The first-order valence-corrected chi connectivity index (χ1v) is 12.7. The molecule has 0 amide bonds. The molecular weight excluding hydrogens is 479 g/mol. The molecule has 0 saturated carbocycles. The number of rotatable bonds is 7. The topological polar surface area (TPSA) is 93.5 Å². The zero-order chi connectivity index (χ0) is 18.9. The number of ether oxygens (including phenoxy) is 1. The van der Waals surface area contributed by atoms with Crippen LogP contribution in [0.4, 0.5) is 0 Å². The third-order valence-electron chi connectivity index (χ3n) is 4.07. The highest BCUT2D eigenvalue weighted by Gasteiger charge is 2.13. The van der Waals surface area contributed by atoms with Gasteiger partial charge in [-0.05, 0) is 31.0 Å². The summed E-state index contributed by atoms with van der Waals surface area (Å²) in [5, 5.41) is 5.53. The number of nitrogens with zero attached hydrogens (tertiary/aromatic N) is 3. The van der Waals surface area contributed by atoms with Crippen LogP contribution in [0.5, 0.6) is 5.88 Å². The molecule has 3 heterocycles. The number of hydrogen-bond donors (Lipinski definition) is 1. The second-order valence-electron chi connectivity index (χ2n) is 6.09. The van der Waals surface area contributed by atoms with Gasteiger partial charge in [0.2, 0.25) is 5.88 Å². The fraction of sp³-hybridized carbons (Fsp3) is 0.222. The van der Waals surface area contributed by atoms with Gasteiger partial charge in [0.05, 0.1) is 19.7 Å². The van der Waals surface area contributed by atoms with Crippen LogP contribution < -0.4 is 4.74 Å². The van der Waals surface area contributed by atoms with Crippen LogP contribution in [0.1, 0.15) is 12.8 Å². The van der Waals surface area contributed by atoms with E-state index in [9.17, 15) is 4.21 Å². The Morgan fingerprint density at radius 1 is 1.22 bits per heavy atom. The zero-order valence-corrected chi connectivity index (χ0v) is 17.3. The predicted octanol–water partition coefficient (Wildman–Crippen LogP) is 4.70. The van der Waals surface area contributed by atoms with E-state index >= 15 is 0 Å². The molecule has 140 valence electrons. The van der Waals surface area contributed by atoms with Crippen molar-refractivity contribution in [1.82, 2.24) is 14.6 Å². The molecule has 1 atom stereocenters. The summed E-state index contributed by atoms with van der Waals surface area (Å²) in [6, 6.07) is 13.4. The van der Waals surface area contributed by atoms with Crippen LogP contribution in [-0.2, 0) is 6.90 Å². The van der Waals surface area contributed by atoms with Crippen molar-refractivity contribution in [1.29, 1.82) is 4.78 Å². The van der Waals surface area contributed by atoms with Crippen molar-refractivity contribution in [3.8, 4) is 17.3 Å². The maximum Gasteiger partial charge on any atom is 0.231 e. The molecule has 0 fully saturated rings. The van der Waals surface area contributed by atoms with Crippen molar-refractivity contribution in [3.05, 3.63) is 48.7 Å². The largest absolute Gasteiger partial charge is 0.477 e. The monoisotopic (exact) mass is 496 g/mol. The Morgan fingerprint density at radius 2 is 2.07 bits per heavy atom. The smallest absolute Gasteiger partial charge is 0.231 e. The lowest BCUT2D eigenvalue weighted by atomic mass is 10.2. The maximum absolute atomic E-state index is 11.4. The molecule has 0 aliphatic carbocycles. The minimum absolute atomic E-state index is 0.376. The number of imidazole rings is 1. The van der Waals surface area contributed by atoms with Gasteiger partial charge in [-0.1, -0.05) is 18.2 Å². The van der Waals surface area contributed by atoms with Gasteiger partial charge in [0.25, 0.3) is 0 Å². The summed E-state index contributed by atoms with van der Waals surface area (Å²) >= 11 is 1.68. The average molecular weight is 496 g/mol. The van der Waals surface area contributed by atoms with Gasteiger partial charge >= 0.3 is 0 Å². The number of fused-ring (bicyclic) bond motifs is 2. The highest BCUT2D eigenvalue weighted by molar-refractivity contribution is 14.2. The molecule has 3 aromatic heterocycles. The Balaban J connectivity index is 1.52. The van der Waals surface area contributed by atoms with Crippen LogP contribution in [0.15, 0.2) is 53.1 Å². The van der Waals surface area contributed by atoms with E-state index in [0.29, 0.717) is 36.1 Å². The van der Waals surface area contributed by atoms with E-state index < -0.39 is 6.90 Å². The molecular formula is C18H17IN4O3S. The van der Waals surface area contributed by atoms with E-state index in [1.807, 2.05) is 36.4 Å². The number of unbranched alkanes of at least 4 members (excludes halogenated alkanes) is 1. The number of nitrogens with one attached hydrogen (secondary N) is 1. The molecule has 1 unspecified atom stereocenters. The van der Waals surface area contributed by atoms with Crippen molar-refractivity contribution < 1.29 is 13.4 Å². The lowest BCUT2D eigenvalue weighted by Gasteiger charge is -2.06. The molecule has 27 heavy (non-hydrogen) atoms. The average Bonchev–Trinajstić information content (AvgIpc) is 3.23. The number of para-hydroxylation sites is 1. The summed E-state index contributed by atoms with van der Waals surface area (Å²) in [7, 11) is 0. The number of furan rings is 1. The minimum Gasteiger partial charge on any atom is -0.477 e. The molecule has 0 saturated heterocycles. The summed E-state index contributed by atoms with van der Waals surface area (Å²) in [4.78, 5) is 4.37. The Bertz CT molecular complexity index is 1170. The van der Waals surface area contributed by atoms with Crippen molar-refractivity contribution in [2.24, 2.45) is 0 Å². The Morgan fingerprint density at radius 3 is 2.89 bits per heavy atom. The summed E-state index contributed by atoms with van der Waals surface area (Å²) < 4.78 is 32.1. The van der Waals surface area contributed by atoms with Gasteiger partial charge in [-0.3, -0.25) is 0 Å². The first-order chi connectivity index (χ1) is 13.0. The lowest BCUT2D eigenvalue weighted by molar-refractivity contribution is 0.293. The van der Waals surface area contributed by atoms with Crippen LogP contribution in [0.3, 0.4) is 0 Å². The number of halogens is 1. The maximum atomic E-state index is 11.4. The Hall–Kier alpha value is -2.14. The molecule has 0 bridgehead atoms. The predicted molar refractivity (Wildman–Crippen MR) is 113 cm³/mol. The van der Waals surface area contributed by atoms with Gasteiger partial charge in [0.15, 0.2) is 11.4 Å². The second-order valence-corrected chi connectivity index (χ2v) is 12.0. The van der Waals surface area contributed by atoms with E-state index in [2.05, 4.69) is 10.1 Å². The number of benzene rings is 1. The number of aromatic nitrogens is 3. The summed E-state index contributed by atoms with van der Waals surface area (Å²) in [6.45, 7) is -2.00. The molecule has 4 aromatic rings.